The number of rotatable bonds is 5. The van der Waals surface area contributed by atoms with E-state index in [2.05, 4.69) is 20.3 Å². The molecular formula is C14H16N4O2. The molecule has 1 N–H and O–H groups in total. The first kappa shape index (κ1) is 12.7. The van der Waals surface area contributed by atoms with Crippen molar-refractivity contribution in [3.05, 3.63) is 24.3 Å². The minimum atomic E-state index is 0.289. The molecule has 20 heavy (non-hydrogen) atoms. The van der Waals surface area contributed by atoms with Gasteiger partial charge in [0.1, 0.15) is 5.75 Å². The van der Waals surface area contributed by atoms with Gasteiger partial charge in [-0.05, 0) is 37.1 Å². The van der Waals surface area contributed by atoms with Gasteiger partial charge in [0, 0.05) is 12.6 Å². The van der Waals surface area contributed by atoms with Crippen molar-refractivity contribution in [2.75, 3.05) is 19.5 Å². The quantitative estimate of drug-likeness (QED) is 0.899. The molecule has 0 unspecified atom stereocenters. The smallest absolute Gasteiger partial charge is 0.321 e. The molecule has 2 aromatic rings. The molecule has 1 heterocycles. The Bertz CT molecular complexity index is 574. The van der Waals surface area contributed by atoms with E-state index in [9.17, 15) is 0 Å². The van der Waals surface area contributed by atoms with Crippen molar-refractivity contribution >= 4 is 5.95 Å². The van der Waals surface area contributed by atoms with Crippen molar-refractivity contribution in [1.82, 2.24) is 15.0 Å². The first-order chi connectivity index (χ1) is 9.78. The third kappa shape index (κ3) is 2.79. The molecule has 0 atom stereocenters. The molecule has 1 saturated carbocycles. The number of nitrogens with zero attached hydrogens (tertiary/aromatic N) is 3. The fourth-order valence-corrected chi connectivity index (χ4v) is 1.75. The van der Waals surface area contributed by atoms with Gasteiger partial charge in [0.05, 0.1) is 13.2 Å². The highest BCUT2D eigenvalue weighted by Crippen LogP contribution is 2.28. The molecule has 0 saturated heterocycles. The van der Waals surface area contributed by atoms with Crippen LogP contribution < -0.4 is 14.8 Å². The average molecular weight is 272 g/mol. The van der Waals surface area contributed by atoms with Crippen LogP contribution in [0.25, 0.3) is 11.4 Å². The summed E-state index contributed by atoms with van der Waals surface area (Å²) in [6.07, 6.45) is 2.70. The van der Waals surface area contributed by atoms with E-state index >= 15 is 0 Å². The molecule has 0 spiro atoms. The Kier molecular flexibility index (Phi) is 3.37. The second-order valence-corrected chi connectivity index (χ2v) is 4.56. The van der Waals surface area contributed by atoms with E-state index in [-0.39, 0.29) is 6.01 Å². The van der Waals surface area contributed by atoms with E-state index in [4.69, 9.17) is 9.47 Å². The van der Waals surface area contributed by atoms with E-state index < -0.39 is 0 Å². The van der Waals surface area contributed by atoms with Crippen molar-refractivity contribution < 1.29 is 9.47 Å². The van der Waals surface area contributed by atoms with Crippen LogP contribution in [0.3, 0.4) is 0 Å². The van der Waals surface area contributed by atoms with Crippen LogP contribution in [0.15, 0.2) is 24.3 Å². The summed E-state index contributed by atoms with van der Waals surface area (Å²) in [5.74, 6) is 1.93. The minimum absolute atomic E-state index is 0.289. The van der Waals surface area contributed by atoms with E-state index in [1.54, 1.807) is 7.05 Å². The summed E-state index contributed by atoms with van der Waals surface area (Å²) in [5, 5.41) is 2.89. The molecule has 1 aliphatic rings. The fourth-order valence-electron chi connectivity index (χ4n) is 1.75. The Morgan fingerprint density at radius 1 is 1.10 bits per heavy atom. The molecule has 104 valence electrons. The van der Waals surface area contributed by atoms with Gasteiger partial charge in [-0.1, -0.05) is 0 Å². The third-order valence-corrected chi connectivity index (χ3v) is 2.96. The molecular weight excluding hydrogens is 256 g/mol. The number of hydrogen-bond donors (Lipinski definition) is 1. The van der Waals surface area contributed by atoms with Crippen LogP contribution >= 0.6 is 0 Å². The standard InChI is InChI=1S/C14H16N4O2/c1-15-13-16-12(17-14(18-13)19-2)9-3-5-10(6-4-9)20-11-7-8-11/h3-6,11H,7-8H2,1-2H3,(H,15,16,17,18). The third-order valence-electron chi connectivity index (χ3n) is 2.96. The van der Waals surface area contributed by atoms with Crippen LogP contribution in [-0.4, -0.2) is 35.2 Å². The summed E-state index contributed by atoms with van der Waals surface area (Å²) in [7, 11) is 3.29. The van der Waals surface area contributed by atoms with E-state index in [1.165, 1.54) is 7.11 Å². The maximum atomic E-state index is 5.72. The lowest BCUT2D eigenvalue weighted by atomic mass is 10.2. The lowest BCUT2D eigenvalue weighted by Gasteiger charge is -2.07. The second-order valence-electron chi connectivity index (χ2n) is 4.56. The lowest BCUT2D eigenvalue weighted by Crippen LogP contribution is -2.03. The number of anilines is 1. The van der Waals surface area contributed by atoms with Gasteiger partial charge in [0.2, 0.25) is 5.95 Å². The zero-order valence-electron chi connectivity index (χ0n) is 11.5. The van der Waals surface area contributed by atoms with Crippen molar-refractivity contribution in [2.24, 2.45) is 0 Å². The topological polar surface area (TPSA) is 69.2 Å². The summed E-state index contributed by atoms with van der Waals surface area (Å²) in [6.45, 7) is 0. The van der Waals surface area contributed by atoms with Crippen molar-refractivity contribution in [3.8, 4) is 23.1 Å². The second kappa shape index (κ2) is 5.32. The Hall–Kier alpha value is -2.37. The van der Waals surface area contributed by atoms with Gasteiger partial charge < -0.3 is 14.8 Å². The van der Waals surface area contributed by atoms with Crippen molar-refractivity contribution in [3.63, 3.8) is 0 Å². The predicted molar refractivity (Wildman–Crippen MR) is 75.0 cm³/mol. The highest BCUT2D eigenvalue weighted by Gasteiger charge is 2.23. The molecule has 0 aliphatic heterocycles. The molecule has 0 amide bonds. The van der Waals surface area contributed by atoms with Crippen LogP contribution in [0, 0.1) is 0 Å². The minimum Gasteiger partial charge on any atom is -0.490 e. The summed E-state index contributed by atoms with van der Waals surface area (Å²) >= 11 is 0. The van der Waals surface area contributed by atoms with Gasteiger partial charge in [0.15, 0.2) is 5.82 Å². The zero-order chi connectivity index (χ0) is 13.9. The van der Waals surface area contributed by atoms with Gasteiger partial charge in [-0.15, -0.1) is 0 Å². The summed E-state index contributed by atoms with van der Waals surface area (Å²) in [6, 6.07) is 8.03. The Morgan fingerprint density at radius 2 is 1.85 bits per heavy atom. The highest BCUT2D eigenvalue weighted by atomic mass is 16.5. The monoisotopic (exact) mass is 272 g/mol. The SMILES string of the molecule is CNc1nc(OC)nc(-c2ccc(OC3CC3)cc2)n1. The Morgan fingerprint density at radius 3 is 2.45 bits per heavy atom. The van der Waals surface area contributed by atoms with E-state index in [0.717, 1.165) is 24.2 Å². The van der Waals surface area contributed by atoms with E-state index in [1.807, 2.05) is 24.3 Å². The normalized spacial score (nSPS) is 13.9. The highest BCUT2D eigenvalue weighted by molar-refractivity contribution is 5.57. The van der Waals surface area contributed by atoms with Crippen LogP contribution in [0.1, 0.15) is 12.8 Å². The van der Waals surface area contributed by atoms with Gasteiger partial charge in [-0.3, -0.25) is 0 Å². The van der Waals surface area contributed by atoms with Crippen molar-refractivity contribution in [2.45, 2.75) is 18.9 Å². The van der Waals surface area contributed by atoms with E-state index in [0.29, 0.717) is 17.9 Å². The van der Waals surface area contributed by atoms with Crippen LogP contribution in [0.2, 0.25) is 0 Å². The molecule has 1 aromatic carbocycles. The van der Waals surface area contributed by atoms with Crippen LogP contribution in [-0.2, 0) is 0 Å². The summed E-state index contributed by atoms with van der Waals surface area (Å²) < 4.78 is 10.8. The largest absolute Gasteiger partial charge is 0.490 e. The lowest BCUT2D eigenvalue weighted by molar-refractivity contribution is 0.303. The van der Waals surface area contributed by atoms with Gasteiger partial charge in [0.25, 0.3) is 0 Å². The van der Waals surface area contributed by atoms with Crippen LogP contribution in [0.5, 0.6) is 11.8 Å². The fraction of sp³-hybridized carbons (Fsp3) is 0.357. The molecule has 0 radical (unpaired) electrons. The predicted octanol–water partition coefficient (Wildman–Crippen LogP) is 2.13. The van der Waals surface area contributed by atoms with Gasteiger partial charge in [-0.25, -0.2) is 0 Å². The Labute approximate surface area is 117 Å². The molecule has 0 bridgehead atoms. The average Bonchev–Trinajstić information content (AvgIpc) is 3.31. The molecule has 6 heteroatoms. The summed E-state index contributed by atoms with van der Waals surface area (Å²) in [4.78, 5) is 12.6. The van der Waals surface area contributed by atoms with Gasteiger partial charge in [-0.2, -0.15) is 15.0 Å². The zero-order valence-corrected chi connectivity index (χ0v) is 11.5. The first-order valence-corrected chi connectivity index (χ1v) is 6.53. The van der Waals surface area contributed by atoms with Crippen LogP contribution in [0.4, 0.5) is 5.95 Å². The molecule has 1 aliphatic carbocycles. The number of nitrogens with one attached hydrogen (secondary N) is 1. The number of methoxy groups -OCH3 is 1. The Balaban J connectivity index is 1.86. The molecule has 3 rings (SSSR count). The maximum Gasteiger partial charge on any atom is 0.321 e. The number of hydrogen-bond acceptors (Lipinski definition) is 6. The molecule has 1 fully saturated rings. The molecule has 6 nitrogen and oxygen atoms in total. The number of ether oxygens (including phenoxy) is 2. The molecule has 1 aromatic heterocycles. The maximum absolute atomic E-state index is 5.72. The first-order valence-electron chi connectivity index (χ1n) is 6.53. The number of aromatic nitrogens is 3. The summed E-state index contributed by atoms with van der Waals surface area (Å²) in [5.41, 5.74) is 0.894. The number of benzene rings is 1. The van der Waals surface area contributed by atoms with Crippen molar-refractivity contribution in [1.29, 1.82) is 0 Å². The van der Waals surface area contributed by atoms with Gasteiger partial charge >= 0.3 is 6.01 Å².